The highest BCUT2D eigenvalue weighted by atomic mass is 16.2. The molecule has 0 saturated carbocycles. The molecule has 0 bridgehead atoms. The first-order valence-corrected chi connectivity index (χ1v) is 10.3. The van der Waals surface area contributed by atoms with Gasteiger partial charge in [0, 0.05) is 31.7 Å². The van der Waals surface area contributed by atoms with E-state index in [4.69, 9.17) is 0 Å². The van der Waals surface area contributed by atoms with Crippen LogP contribution in [0.1, 0.15) is 48.0 Å². The fraction of sp³-hybridized carbons (Fsp3) is 0.417. The smallest absolute Gasteiger partial charge is 0.253 e. The molecule has 2 saturated heterocycles. The third-order valence-electron chi connectivity index (χ3n) is 6.49. The van der Waals surface area contributed by atoms with Crippen LogP contribution in [0.15, 0.2) is 60.7 Å². The van der Waals surface area contributed by atoms with Crippen molar-refractivity contribution in [2.45, 2.75) is 32.1 Å². The van der Waals surface area contributed by atoms with Gasteiger partial charge in [-0.3, -0.25) is 9.59 Å². The summed E-state index contributed by atoms with van der Waals surface area (Å²) < 4.78 is 0. The number of likely N-dealkylation sites (N-methyl/N-ethyl adjacent to an activating group) is 1. The van der Waals surface area contributed by atoms with Gasteiger partial charge in [-0.2, -0.15) is 0 Å². The summed E-state index contributed by atoms with van der Waals surface area (Å²) in [5.74, 6) is 0.308. The highest BCUT2D eigenvalue weighted by molar-refractivity contribution is 5.94. The summed E-state index contributed by atoms with van der Waals surface area (Å²) in [6.07, 6.45) is 2.80. The van der Waals surface area contributed by atoms with Crippen LogP contribution in [0, 0.1) is 5.41 Å². The summed E-state index contributed by atoms with van der Waals surface area (Å²) in [4.78, 5) is 29.8. The van der Waals surface area contributed by atoms with E-state index in [2.05, 4.69) is 19.1 Å². The number of hydrogen-bond acceptors (Lipinski definition) is 2. The first kappa shape index (κ1) is 18.7. The molecule has 0 aromatic heterocycles. The first-order valence-electron chi connectivity index (χ1n) is 10.3. The van der Waals surface area contributed by atoms with Gasteiger partial charge < -0.3 is 9.80 Å². The Hall–Kier alpha value is -2.62. The summed E-state index contributed by atoms with van der Waals surface area (Å²) in [5, 5.41) is 0. The zero-order valence-electron chi connectivity index (χ0n) is 16.5. The maximum Gasteiger partial charge on any atom is 0.253 e. The van der Waals surface area contributed by atoms with Gasteiger partial charge in [-0.05, 0) is 49.3 Å². The number of likely N-dealkylation sites (tertiary alicyclic amines) is 2. The van der Waals surface area contributed by atoms with Gasteiger partial charge >= 0.3 is 0 Å². The molecular weight excluding hydrogens is 348 g/mol. The van der Waals surface area contributed by atoms with Crippen molar-refractivity contribution in [3.05, 3.63) is 71.8 Å². The van der Waals surface area contributed by atoms with Crippen molar-refractivity contribution in [1.29, 1.82) is 0 Å². The number of amides is 2. The standard InChI is InChI=1S/C24H28N2O2/c1-2-25-18-24(17-21(23(25)28)19-9-5-3-6-10-19)13-15-26(16-14-24)22(27)20-11-7-4-8-12-20/h3-12,21H,2,13-18H2,1H3. The Labute approximate surface area is 167 Å². The molecule has 1 spiro atoms. The highest BCUT2D eigenvalue weighted by Crippen LogP contribution is 2.45. The Morgan fingerprint density at radius 3 is 2.21 bits per heavy atom. The van der Waals surface area contributed by atoms with E-state index in [0.717, 1.165) is 56.6 Å². The Balaban J connectivity index is 1.50. The van der Waals surface area contributed by atoms with Crippen LogP contribution in [0.5, 0.6) is 0 Å². The van der Waals surface area contributed by atoms with E-state index < -0.39 is 0 Å². The van der Waals surface area contributed by atoms with Gasteiger partial charge in [0.15, 0.2) is 0 Å². The van der Waals surface area contributed by atoms with Gasteiger partial charge in [0.1, 0.15) is 0 Å². The molecule has 1 atom stereocenters. The topological polar surface area (TPSA) is 40.6 Å². The van der Waals surface area contributed by atoms with Gasteiger partial charge in [0.25, 0.3) is 5.91 Å². The van der Waals surface area contributed by atoms with E-state index in [1.807, 2.05) is 58.3 Å². The molecule has 1 unspecified atom stereocenters. The second kappa shape index (κ2) is 7.78. The number of piperidine rings is 2. The summed E-state index contributed by atoms with van der Waals surface area (Å²) >= 11 is 0. The van der Waals surface area contributed by atoms with Crippen LogP contribution in [-0.2, 0) is 4.79 Å². The van der Waals surface area contributed by atoms with Crippen LogP contribution in [0.3, 0.4) is 0 Å². The molecule has 2 fully saturated rings. The molecule has 0 aliphatic carbocycles. The largest absolute Gasteiger partial charge is 0.342 e. The molecule has 2 aliphatic rings. The van der Waals surface area contributed by atoms with Crippen molar-refractivity contribution in [2.24, 2.45) is 5.41 Å². The molecule has 0 N–H and O–H groups in total. The molecule has 4 heteroatoms. The highest BCUT2D eigenvalue weighted by Gasteiger charge is 2.46. The van der Waals surface area contributed by atoms with Crippen molar-refractivity contribution < 1.29 is 9.59 Å². The average molecular weight is 377 g/mol. The minimum absolute atomic E-state index is 0.0636. The molecule has 2 amide bonds. The van der Waals surface area contributed by atoms with Crippen LogP contribution in [0.2, 0.25) is 0 Å². The predicted molar refractivity (Wildman–Crippen MR) is 110 cm³/mol. The lowest BCUT2D eigenvalue weighted by Crippen LogP contribution is -2.54. The monoisotopic (exact) mass is 376 g/mol. The van der Waals surface area contributed by atoms with Crippen molar-refractivity contribution in [3.63, 3.8) is 0 Å². The fourth-order valence-electron chi connectivity index (χ4n) is 4.81. The van der Waals surface area contributed by atoms with Gasteiger partial charge in [-0.1, -0.05) is 48.5 Å². The minimum atomic E-state index is -0.0636. The zero-order valence-corrected chi connectivity index (χ0v) is 16.5. The summed E-state index contributed by atoms with van der Waals surface area (Å²) in [5.41, 5.74) is 1.99. The minimum Gasteiger partial charge on any atom is -0.342 e. The van der Waals surface area contributed by atoms with Crippen LogP contribution < -0.4 is 0 Å². The lowest BCUT2D eigenvalue weighted by Gasteiger charge is -2.49. The molecule has 0 radical (unpaired) electrons. The van der Waals surface area contributed by atoms with Crippen molar-refractivity contribution in [2.75, 3.05) is 26.2 Å². The van der Waals surface area contributed by atoms with E-state index in [-0.39, 0.29) is 23.1 Å². The maximum absolute atomic E-state index is 13.0. The molecule has 4 rings (SSSR count). The molecule has 146 valence electrons. The van der Waals surface area contributed by atoms with Crippen LogP contribution in [0.25, 0.3) is 0 Å². The number of carbonyl (C=O) groups is 2. The van der Waals surface area contributed by atoms with E-state index in [1.54, 1.807) is 0 Å². The van der Waals surface area contributed by atoms with E-state index in [0.29, 0.717) is 0 Å². The van der Waals surface area contributed by atoms with E-state index in [1.165, 1.54) is 0 Å². The molecule has 4 nitrogen and oxygen atoms in total. The zero-order chi connectivity index (χ0) is 19.6. The normalized spacial score (nSPS) is 21.8. The fourth-order valence-corrected chi connectivity index (χ4v) is 4.81. The maximum atomic E-state index is 13.0. The quantitative estimate of drug-likeness (QED) is 0.814. The molecule has 2 heterocycles. The molecular formula is C24H28N2O2. The van der Waals surface area contributed by atoms with Crippen molar-refractivity contribution in [3.8, 4) is 0 Å². The summed E-state index contributed by atoms with van der Waals surface area (Å²) in [6, 6.07) is 19.7. The molecule has 2 aromatic rings. The second-order valence-electron chi connectivity index (χ2n) is 8.18. The van der Waals surface area contributed by atoms with Crippen LogP contribution in [-0.4, -0.2) is 47.8 Å². The van der Waals surface area contributed by atoms with Crippen LogP contribution in [0.4, 0.5) is 0 Å². The van der Waals surface area contributed by atoms with Gasteiger partial charge in [0.05, 0.1) is 5.92 Å². The molecule has 28 heavy (non-hydrogen) atoms. The van der Waals surface area contributed by atoms with Crippen molar-refractivity contribution in [1.82, 2.24) is 9.80 Å². The van der Waals surface area contributed by atoms with Crippen molar-refractivity contribution >= 4 is 11.8 Å². The predicted octanol–water partition coefficient (Wildman–Crippen LogP) is 3.95. The van der Waals surface area contributed by atoms with Gasteiger partial charge in [0.2, 0.25) is 5.91 Å². The summed E-state index contributed by atoms with van der Waals surface area (Å²) in [7, 11) is 0. The Morgan fingerprint density at radius 2 is 1.61 bits per heavy atom. The SMILES string of the molecule is CCN1CC2(CCN(C(=O)c3ccccc3)CC2)CC(c2ccccc2)C1=O. The third-order valence-corrected chi connectivity index (χ3v) is 6.49. The second-order valence-corrected chi connectivity index (χ2v) is 8.18. The first-order chi connectivity index (χ1) is 13.6. The number of rotatable bonds is 3. The van der Waals surface area contributed by atoms with E-state index in [9.17, 15) is 9.59 Å². The molecule has 2 aliphatic heterocycles. The Kier molecular flexibility index (Phi) is 5.21. The van der Waals surface area contributed by atoms with E-state index >= 15 is 0 Å². The lowest BCUT2D eigenvalue weighted by atomic mass is 9.67. The number of hydrogen-bond donors (Lipinski definition) is 0. The van der Waals surface area contributed by atoms with Gasteiger partial charge in [-0.15, -0.1) is 0 Å². The third kappa shape index (κ3) is 3.56. The molecule has 2 aromatic carbocycles. The summed E-state index contributed by atoms with van der Waals surface area (Å²) in [6.45, 7) is 5.16. The Bertz CT molecular complexity index is 826. The number of carbonyl (C=O) groups excluding carboxylic acids is 2. The van der Waals surface area contributed by atoms with Crippen LogP contribution >= 0.6 is 0 Å². The Morgan fingerprint density at radius 1 is 1.00 bits per heavy atom. The van der Waals surface area contributed by atoms with Gasteiger partial charge in [-0.25, -0.2) is 0 Å². The number of benzene rings is 2. The lowest BCUT2D eigenvalue weighted by molar-refractivity contribution is -0.141. The number of nitrogens with zero attached hydrogens (tertiary/aromatic N) is 2. The average Bonchev–Trinajstić information content (AvgIpc) is 2.76.